The van der Waals surface area contributed by atoms with Crippen molar-refractivity contribution in [2.24, 2.45) is 0 Å². The van der Waals surface area contributed by atoms with E-state index in [-0.39, 0.29) is 0 Å². The predicted octanol–water partition coefficient (Wildman–Crippen LogP) is 8.29. The maximum Gasteiger partial charge on any atom is -0.0348 e. The van der Waals surface area contributed by atoms with Crippen molar-refractivity contribution < 1.29 is 0 Å². The van der Waals surface area contributed by atoms with Gasteiger partial charge in [0.05, 0.1) is 0 Å². The highest BCUT2D eigenvalue weighted by molar-refractivity contribution is 5.22. The van der Waals surface area contributed by atoms with Gasteiger partial charge in [0.25, 0.3) is 0 Å². The van der Waals surface area contributed by atoms with Crippen molar-refractivity contribution in [2.45, 2.75) is 44.9 Å². The van der Waals surface area contributed by atoms with E-state index in [4.69, 9.17) is 0 Å². The van der Waals surface area contributed by atoms with Crippen LogP contribution in [-0.2, 0) is 0 Å². The van der Waals surface area contributed by atoms with Crippen LogP contribution in [0.3, 0.4) is 0 Å². The zero-order valence-electron chi connectivity index (χ0n) is 16.5. The van der Waals surface area contributed by atoms with Crippen LogP contribution < -0.4 is 0 Å². The van der Waals surface area contributed by atoms with Gasteiger partial charge in [-0.05, 0) is 25.7 Å². The smallest absolute Gasteiger partial charge is 0.0348 e. The topological polar surface area (TPSA) is 0 Å². The summed E-state index contributed by atoms with van der Waals surface area (Å²) in [7, 11) is 0. The van der Waals surface area contributed by atoms with Crippen molar-refractivity contribution in [1.29, 1.82) is 0 Å². The van der Waals surface area contributed by atoms with Crippen molar-refractivity contribution in [3.8, 4) is 0 Å². The summed E-state index contributed by atoms with van der Waals surface area (Å²) < 4.78 is 0. The van der Waals surface area contributed by atoms with Crippen molar-refractivity contribution in [2.75, 3.05) is 0 Å². The Morgan fingerprint density at radius 3 is 0.741 bits per heavy atom. The van der Waals surface area contributed by atoms with E-state index in [9.17, 15) is 0 Å². The molecule has 1 rings (SSSR count). The summed E-state index contributed by atoms with van der Waals surface area (Å²) in [4.78, 5) is 0. The molecule has 1 aliphatic rings. The third-order valence-electron chi connectivity index (χ3n) is 3.90. The molecule has 0 spiro atoms. The normalized spacial score (nSPS) is 28.7. The highest BCUT2D eigenvalue weighted by Gasteiger charge is 1.88. The molecule has 0 saturated heterocycles. The van der Waals surface area contributed by atoms with E-state index < -0.39 is 0 Å². The lowest BCUT2D eigenvalue weighted by molar-refractivity contribution is 0.622. The Bertz CT molecular complexity index is 569. The predicted molar refractivity (Wildman–Crippen MR) is 124 cm³/mol. The first-order chi connectivity index (χ1) is 13.5. The third-order valence-corrected chi connectivity index (χ3v) is 3.90. The van der Waals surface area contributed by atoms with E-state index in [1.807, 2.05) is 60.8 Å². The molecule has 0 heterocycles. The highest BCUT2D eigenvalue weighted by Crippen LogP contribution is 2.08. The quantitative estimate of drug-likeness (QED) is 0.408. The largest absolute Gasteiger partial charge is 0.0845 e. The lowest BCUT2D eigenvalue weighted by Gasteiger charge is -1.97. The summed E-state index contributed by atoms with van der Waals surface area (Å²) in [5.41, 5.74) is 0. The number of hydrogen-bond donors (Lipinski definition) is 0. The van der Waals surface area contributed by atoms with Crippen LogP contribution in [0.2, 0.25) is 0 Å². The summed E-state index contributed by atoms with van der Waals surface area (Å²) in [6.07, 6.45) is 50.5. The number of rotatable bonds is 0. The Morgan fingerprint density at radius 2 is 0.444 bits per heavy atom. The van der Waals surface area contributed by atoms with Crippen molar-refractivity contribution in [1.82, 2.24) is 0 Å². The molecule has 0 radical (unpaired) electrons. The average molecular weight is 359 g/mol. The Labute approximate surface area is 166 Å². The SMILES string of the molecule is C1=CCCCCCCC\C=C/C=C\C=C/C=C\C=C/C=C\C=C/C=C\C=C/1. The molecule has 0 N–H and O–H groups in total. The molecule has 0 fully saturated rings. The summed E-state index contributed by atoms with van der Waals surface area (Å²) in [5.74, 6) is 0. The second kappa shape index (κ2) is 19.7. The van der Waals surface area contributed by atoms with Gasteiger partial charge in [0, 0.05) is 0 Å². The first-order valence-corrected chi connectivity index (χ1v) is 10.1. The summed E-state index contributed by atoms with van der Waals surface area (Å²) in [6.45, 7) is 0. The van der Waals surface area contributed by atoms with Gasteiger partial charge >= 0.3 is 0 Å². The van der Waals surface area contributed by atoms with Crippen LogP contribution in [0, 0.1) is 0 Å². The number of hydrogen-bond acceptors (Lipinski definition) is 0. The molecule has 0 atom stereocenters. The van der Waals surface area contributed by atoms with Crippen LogP contribution >= 0.6 is 0 Å². The van der Waals surface area contributed by atoms with Gasteiger partial charge in [-0.15, -0.1) is 0 Å². The van der Waals surface area contributed by atoms with Crippen LogP contribution in [0.25, 0.3) is 0 Å². The van der Waals surface area contributed by atoms with E-state index in [0.29, 0.717) is 0 Å². The molecule has 0 aromatic heterocycles. The number of allylic oxidation sites excluding steroid dienone is 20. The van der Waals surface area contributed by atoms with Crippen LogP contribution in [0.15, 0.2) is 122 Å². The van der Waals surface area contributed by atoms with Crippen LogP contribution in [0.5, 0.6) is 0 Å². The maximum atomic E-state index is 2.26. The average Bonchev–Trinajstić information content (AvgIpc) is 2.68. The van der Waals surface area contributed by atoms with Crippen molar-refractivity contribution in [3.05, 3.63) is 122 Å². The summed E-state index contributed by atoms with van der Waals surface area (Å²) >= 11 is 0. The molecule has 0 heteroatoms. The molecule has 0 saturated carbocycles. The van der Waals surface area contributed by atoms with Gasteiger partial charge in [0.2, 0.25) is 0 Å². The van der Waals surface area contributed by atoms with Gasteiger partial charge in [-0.25, -0.2) is 0 Å². The minimum Gasteiger partial charge on any atom is -0.0845 e. The van der Waals surface area contributed by atoms with E-state index >= 15 is 0 Å². The molecule has 0 bridgehead atoms. The van der Waals surface area contributed by atoms with Crippen LogP contribution in [0.4, 0.5) is 0 Å². The first kappa shape index (κ1) is 22.4. The Balaban J connectivity index is 2.47. The molecular formula is C27H34. The van der Waals surface area contributed by atoms with E-state index in [0.717, 1.165) is 0 Å². The Kier molecular flexibility index (Phi) is 16.4. The molecule has 0 aromatic rings. The molecule has 0 aromatic carbocycles. The van der Waals surface area contributed by atoms with E-state index in [2.05, 4.69) is 60.8 Å². The van der Waals surface area contributed by atoms with Gasteiger partial charge in [-0.2, -0.15) is 0 Å². The first-order valence-electron chi connectivity index (χ1n) is 10.1. The van der Waals surface area contributed by atoms with Gasteiger partial charge < -0.3 is 0 Å². The Morgan fingerprint density at radius 1 is 0.222 bits per heavy atom. The molecule has 142 valence electrons. The molecule has 0 amide bonds. The van der Waals surface area contributed by atoms with Gasteiger partial charge in [-0.1, -0.05) is 141 Å². The Hall–Kier alpha value is -2.60. The van der Waals surface area contributed by atoms with Gasteiger partial charge in [0.1, 0.15) is 0 Å². The highest BCUT2D eigenvalue weighted by atomic mass is 13.9. The zero-order valence-corrected chi connectivity index (χ0v) is 16.5. The lowest BCUT2D eigenvalue weighted by Crippen LogP contribution is -1.78. The van der Waals surface area contributed by atoms with Crippen LogP contribution in [-0.4, -0.2) is 0 Å². The zero-order chi connectivity index (χ0) is 19.1. The summed E-state index contributed by atoms with van der Waals surface area (Å²) in [6, 6.07) is 0. The van der Waals surface area contributed by atoms with Gasteiger partial charge in [0.15, 0.2) is 0 Å². The summed E-state index contributed by atoms with van der Waals surface area (Å²) in [5, 5.41) is 0. The van der Waals surface area contributed by atoms with Crippen molar-refractivity contribution >= 4 is 0 Å². The standard InChI is InChI=1S/C27H34/c1-2-4-6-8-10-12-14-16-18-20-22-24-26-27-25-23-21-19-17-15-13-11-9-7-5-3-1/h1-20H,21-27H2/b3-1-,4-2-,7-5-,8-6-,11-9-,12-10-,15-13-,16-14-,19-17-,20-18?. The fourth-order valence-electron chi connectivity index (χ4n) is 2.43. The molecule has 1 aliphatic carbocycles. The molecule has 0 unspecified atom stereocenters. The monoisotopic (exact) mass is 358 g/mol. The van der Waals surface area contributed by atoms with Crippen LogP contribution in [0.1, 0.15) is 44.9 Å². The fourth-order valence-corrected chi connectivity index (χ4v) is 2.43. The third kappa shape index (κ3) is 18.0. The second-order valence-electron chi connectivity index (χ2n) is 6.28. The molecule has 0 nitrogen and oxygen atoms in total. The van der Waals surface area contributed by atoms with E-state index in [1.165, 1.54) is 44.9 Å². The maximum absolute atomic E-state index is 2.26. The van der Waals surface area contributed by atoms with Crippen molar-refractivity contribution in [3.63, 3.8) is 0 Å². The fraction of sp³-hybridized carbons (Fsp3) is 0.259. The molecule has 27 heavy (non-hydrogen) atoms. The minimum atomic E-state index is 1.18. The second-order valence-corrected chi connectivity index (χ2v) is 6.28. The minimum absolute atomic E-state index is 1.18. The lowest BCUT2D eigenvalue weighted by atomic mass is 10.1. The van der Waals surface area contributed by atoms with E-state index in [1.54, 1.807) is 0 Å². The molecular weight excluding hydrogens is 324 g/mol. The van der Waals surface area contributed by atoms with Gasteiger partial charge in [-0.3, -0.25) is 0 Å². The molecule has 0 aliphatic heterocycles.